The molecule has 144 valence electrons. The smallest absolute Gasteiger partial charge is 0.230 e. The lowest BCUT2D eigenvalue weighted by Gasteiger charge is -2.10. The first-order chi connectivity index (χ1) is 13.5. The number of nitrogens with zero attached hydrogens (tertiary/aromatic N) is 3. The number of carbonyl (C=O) groups is 1. The number of hydrogen-bond acceptors (Lipinski definition) is 4. The quantitative estimate of drug-likeness (QED) is 0.325. The van der Waals surface area contributed by atoms with Crippen LogP contribution in [0, 0.1) is 5.92 Å². The first kappa shape index (κ1) is 19.2. The molecular formula is C21H21BrN4OS. The monoisotopic (exact) mass is 456 g/mol. The van der Waals surface area contributed by atoms with Gasteiger partial charge in [-0.2, -0.15) is 0 Å². The van der Waals surface area contributed by atoms with Gasteiger partial charge in [-0.25, -0.2) is 9.97 Å². The maximum atomic E-state index is 12.3. The standard InChI is InChI=1S/C21H21BrN4OS/c1-13(2)9-10-23-19(27)12-28-21-25-16-8-7-14(22)11-15(16)20-24-17-5-3-4-6-18(17)26(20)21/h3-8,11,13H,9-10,12H2,1-2H3,(H,23,27). The number of thioether (sulfide) groups is 1. The first-order valence-electron chi connectivity index (χ1n) is 9.29. The van der Waals surface area contributed by atoms with Crippen molar-refractivity contribution in [2.75, 3.05) is 12.3 Å². The maximum Gasteiger partial charge on any atom is 0.230 e. The van der Waals surface area contributed by atoms with Crippen molar-refractivity contribution in [2.24, 2.45) is 5.92 Å². The second-order valence-electron chi connectivity index (χ2n) is 7.14. The summed E-state index contributed by atoms with van der Waals surface area (Å²) in [5, 5.41) is 4.75. The maximum absolute atomic E-state index is 12.3. The normalized spacial score (nSPS) is 11.7. The minimum atomic E-state index is 0.0286. The van der Waals surface area contributed by atoms with Crippen LogP contribution in [0.1, 0.15) is 20.3 Å². The third kappa shape index (κ3) is 3.86. The minimum absolute atomic E-state index is 0.0286. The van der Waals surface area contributed by atoms with E-state index >= 15 is 0 Å². The number of benzene rings is 2. The number of para-hydroxylation sites is 2. The lowest BCUT2D eigenvalue weighted by molar-refractivity contribution is -0.118. The molecule has 2 aromatic heterocycles. The molecule has 0 aliphatic carbocycles. The van der Waals surface area contributed by atoms with Gasteiger partial charge in [0, 0.05) is 16.4 Å². The van der Waals surface area contributed by atoms with Crippen LogP contribution in [-0.2, 0) is 4.79 Å². The third-order valence-corrected chi connectivity index (χ3v) is 5.98. The molecule has 0 saturated carbocycles. The summed E-state index contributed by atoms with van der Waals surface area (Å²) in [6.45, 7) is 5.01. The van der Waals surface area contributed by atoms with Gasteiger partial charge in [0.1, 0.15) is 5.65 Å². The molecule has 5 nitrogen and oxygen atoms in total. The van der Waals surface area contributed by atoms with Crippen molar-refractivity contribution in [1.29, 1.82) is 0 Å². The molecule has 2 heterocycles. The average Bonchev–Trinajstić information content (AvgIpc) is 3.06. The largest absolute Gasteiger partial charge is 0.355 e. The van der Waals surface area contributed by atoms with Gasteiger partial charge in [0.15, 0.2) is 5.16 Å². The SMILES string of the molecule is CC(C)CCNC(=O)CSc1nc2ccc(Br)cc2c2nc3ccccc3n12. The molecule has 0 unspecified atom stereocenters. The molecule has 0 saturated heterocycles. The van der Waals surface area contributed by atoms with Crippen LogP contribution in [0.4, 0.5) is 0 Å². The van der Waals surface area contributed by atoms with Gasteiger partial charge in [-0.05, 0) is 42.7 Å². The van der Waals surface area contributed by atoms with Crippen LogP contribution >= 0.6 is 27.7 Å². The highest BCUT2D eigenvalue weighted by Crippen LogP contribution is 2.30. The molecule has 2 aromatic carbocycles. The van der Waals surface area contributed by atoms with Gasteiger partial charge < -0.3 is 5.32 Å². The molecule has 1 amide bonds. The van der Waals surface area contributed by atoms with Crippen LogP contribution in [-0.4, -0.2) is 32.6 Å². The van der Waals surface area contributed by atoms with Crippen LogP contribution in [0.5, 0.6) is 0 Å². The zero-order chi connectivity index (χ0) is 19.7. The van der Waals surface area contributed by atoms with E-state index in [-0.39, 0.29) is 5.91 Å². The van der Waals surface area contributed by atoms with Gasteiger partial charge in [0.05, 0.1) is 22.3 Å². The van der Waals surface area contributed by atoms with Gasteiger partial charge in [-0.1, -0.05) is 53.7 Å². The highest BCUT2D eigenvalue weighted by atomic mass is 79.9. The van der Waals surface area contributed by atoms with Crippen molar-refractivity contribution < 1.29 is 4.79 Å². The lowest BCUT2D eigenvalue weighted by atomic mass is 10.1. The Balaban J connectivity index is 1.72. The Bertz CT molecular complexity index is 1170. The predicted molar refractivity (Wildman–Crippen MR) is 119 cm³/mol. The molecule has 4 aromatic rings. The van der Waals surface area contributed by atoms with E-state index in [1.807, 2.05) is 42.5 Å². The number of fused-ring (bicyclic) bond motifs is 5. The number of halogens is 1. The molecular weight excluding hydrogens is 436 g/mol. The van der Waals surface area contributed by atoms with Crippen LogP contribution < -0.4 is 5.32 Å². The summed E-state index contributed by atoms with van der Waals surface area (Å²) in [7, 11) is 0. The molecule has 4 rings (SSSR count). The van der Waals surface area contributed by atoms with Gasteiger partial charge in [0.25, 0.3) is 0 Å². The fourth-order valence-corrected chi connectivity index (χ4v) is 4.32. The van der Waals surface area contributed by atoms with E-state index in [1.165, 1.54) is 11.8 Å². The van der Waals surface area contributed by atoms with Gasteiger partial charge in [0.2, 0.25) is 5.91 Å². The molecule has 0 fully saturated rings. The Morgan fingerprint density at radius 2 is 2.00 bits per heavy atom. The molecule has 0 spiro atoms. The molecule has 0 atom stereocenters. The van der Waals surface area contributed by atoms with Gasteiger partial charge in [-0.3, -0.25) is 9.20 Å². The van der Waals surface area contributed by atoms with Crippen LogP contribution in [0.3, 0.4) is 0 Å². The Morgan fingerprint density at radius 3 is 2.82 bits per heavy atom. The predicted octanol–water partition coefficient (Wildman–Crippen LogP) is 5.05. The third-order valence-electron chi connectivity index (χ3n) is 4.54. The average molecular weight is 457 g/mol. The minimum Gasteiger partial charge on any atom is -0.355 e. The zero-order valence-corrected chi connectivity index (χ0v) is 18.2. The topological polar surface area (TPSA) is 59.3 Å². The van der Waals surface area contributed by atoms with Crippen LogP contribution in [0.15, 0.2) is 52.1 Å². The van der Waals surface area contributed by atoms with E-state index in [0.29, 0.717) is 18.2 Å². The number of amides is 1. The van der Waals surface area contributed by atoms with E-state index < -0.39 is 0 Å². The second-order valence-corrected chi connectivity index (χ2v) is 8.99. The van der Waals surface area contributed by atoms with Gasteiger partial charge >= 0.3 is 0 Å². The molecule has 0 bridgehead atoms. The molecule has 0 aliphatic heterocycles. The van der Waals surface area contributed by atoms with E-state index in [0.717, 1.165) is 43.6 Å². The Labute approximate surface area is 176 Å². The number of aromatic nitrogens is 3. The summed E-state index contributed by atoms with van der Waals surface area (Å²) in [5.74, 6) is 0.932. The van der Waals surface area contributed by atoms with Crippen molar-refractivity contribution >= 4 is 61.2 Å². The molecule has 28 heavy (non-hydrogen) atoms. The Morgan fingerprint density at radius 1 is 1.18 bits per heavy atom. The van der Waals surface area contributed by atoms with Gasteiger partial charge in [-0.15, -0.1) is 0 Å². The zero-order valence-electron chi connectivity index (χ0n) is 15.8. The van der Waals surface area contributed by atoms with E-state index in [1.54, 1.807) is 0 Å². The summed E-state index contributed by atoms with van der Waals surface area (Å²) in [5.41, 5.74) is 3.64. The van der Waals surface area contributed by atoms with Crippen LogP contribution in [0.2, 0.25) is 0 Å². The fraction of sp³-hybridized carbons (Fsp3) is 0.286. The summed E-state index contributed by atoms with van der Waals surface area (Å²) in [6, 6.07) is 14.0. The molecule has 7 heteroatoms. The van der Waals surface area contributed by atoms with Crippen molar-refractivity contribution in [2.45, 2.75) is 25.4 Å². The van der Waals surface area contributed by atoms with Crippen molar-refractivity contribution in [3.8, 4) is 0 Å². The number of imidazole rings is 1. The summed E-state index contributed by atoms with van der Waals surface area (Å²) in [6.07, 6.45) is 0.982. The van der Waals surface area contributed by atoms with E-state index in [4.69, 9.17) is 9.97 Å². The molecule has 0 radical (unpaired) electrons. The van der Waals surface area contributed by atoms with Crippen molar-refractivity contribution in [3.63, 3.8) is 0 Å². The van der Waals surface area contributed by atoms with Crippen molar-refractivity contribution in [3.05, 3.63) is 46.9 Å². The number of carbonyl (C=O) groups excluding carboxylic acids is 1. The Hall–Kier alpha value is -2.12. The Kier molecular flexibility index (Phi) is 5.55. The van der Waals surface area contributed by atoms with Crippen LogP contribution in [0.25, 0.3) is 27.6 Å². The fourth-order valence-electron chi connectivity index (χ4n) is 3.12. The lowest BCUT2D eigenvalue weighted by Crippen LogP contribution is -2.27. The van der Waals surface area contributed by atoms with E-state index in [2.05, 4.69) is 39.5 Å². The first-order valence-corrected chi connectivity index (χ1v) is 11.1. The molecule has 1 N–H and O–H groups in total. The summed E-state index contributed by atoms with van der Waals surface area (Å²) >= 11 is 4.98. The second kappa shape index (κ2) is 8.09. The highest BCUT2D eigenvalue weighted by Gasteiger charge is 2.15. The van der Waals surface area contributed by atoms with E-state index in [9.17, 15) is 4.79 Å². The number of nitrogens with one attached hydrogen (secondary N) is 1. The summed E-state index contributed by atoms with van der Waals surface area (Å²) in [4.78, 5) is 21.9. The number of hydrogen-bond donors (Lipinski definition) is 1. The van der Waals surface area contributed by atoms with Crippen molar-refractivity contribution in [1.82, 2.24) is 19.7 Å². The number of rotatable bonds is 6. The molecule has 0 aliphatic rings. The highest BCUT2D eigenvalue weighted by molar-refractivity contribution is 9.10. The summed E-state index contributed by atoms with van der Waals surface area (Å²) < 4.78 is 3.04.